The molecular formula is C24H28N6O. The van der Waals surface area contributed by atoms with Crippen LogP contribution in [-0.2, 0) is 11.2 Å². The smallest absolute Gasteiger partial charge is 0.145 e. The molecule has 1 aliphatic heterocycles. The minimum Gasteiger partial charge on any atom is -0.366 e. The van der Waals surface area contributed by atoms with Crippen LogP contribution in [0.5, 0.6) is 0 Å². The molecule has 3 heterocycles. The van der Waals surface area contributed by atoms with E-state index in [-0.39, 0.29) is 11.7 Å². The number of piperidine rings is 1. The van der Waals surface area contributed by atoms with E-state index in [9.17, 15) is 4.79 Å². The fourth-order valence-electron chi connectivity index (χ4n) is 4.27. The first-order valence-electron chi connectivity index (χ1n) is 11.2. The first kappa shape index (κ1) is 20.0. The molecule has 1 saturated carbocycles. The summed E-state index contributed by atoms with van der Waals surface area (Å²) >= 11 is 0. The summed E-state index contributed by atoms with van der Waals surface area (Å²) in [4.78, 5) is 32.9. The van der Waals surface area contributed by atoms with Crippen LogP contribution in [0.3, 0.4) is 0 Å². The van der Waals surface area contributed by atoms with Gasteiger partial charge < -0.3 is 10.2 Å². The van der Waals surface area contributed by atoms with Crippen LogP contribution in [0.4, 0.5) is 5.82 Å². The van der Waals surface area contributed by atoms with Crippen molar-refractivity contribution in [2.75, 3.05) is 25.5 Å². The number of nitrogens with zero attached hydrogens (tertiary/aromatic N) is 5. The van der Waals surface area contributed by atoms with Crippen LogP contribution in [0.25, 0.3) is 22.2 Å². The molecule has 0 unspecified atom stereocenters. The third-order valence-corrected chi connectivity index (χ3v) is 6.53. The Morgan fingerprint density at radius 3 is 2.71 bits per heavy atom. The first-order chi connectivity index (χ1) is 15.1. The SMILES string of the molecule is CN1CCC(Nc2cncc(-c3ccc4cnc(CC(=O)C5CCC5)nc4c3)n2)CC1. The molecule has 1 N–H and O–H groups in total. The van der Waals surface area contributed by atoms with Crippen LogP contribution in [0.1, 0.15) is 37.9 Å². The average molecular weight is 417 g/mol. The zero-order chi connectivity index (χ0) is 21.2. The number of carbonyl (C=O) groups is 1. The number of aromatic nitrogens is 4. The second-order valence-corrected chi connectivity index (χ2v) is 8.84. The zero-order valence-corrected chi connectivity index (χ0v) is 17.9. The fourth-order valence-corrected chi connectivity index (χ4v) is 4.27. The van der Waals surface area contributed by atoms with Crippen molar-refractivity contribution < 1.29 is 4.79 Å². The van der Waals surface area contributed by atoms with Crippen LogP contribution in [0.15, 0.2) is 36.8 Å². The number of fused-ring (bicyclic) bond motifs is 1. The zero-order valence-electron chi connectivity index (χ0n) is 17.9. The molecule has 0 atom stereocenters. The second-order valence-electron chi connectivity index (χ2n) is 8.84. The lowest BCUT2D eigenvalue weighted by Crippen LogP contribution is -2.36. The van der Waals surface area contributed by atoms with Gasteiger partial charge in [-0.15, -0.1) is 0 Å². The predicted octanol–water partition coefficient (Wildman–Crippen LogP) is 3.50. The molecule has 2 aromatic heterocycles. The van der Waals surface area contributed by atoms with Crippen molar-refractivity contribution in [2.45, 2.75) is 44.6 Å². The molecule has 7 heteroatoms. The molecule has 0 radical (unpaired) electrons. The molecule has 0 bridgehead atoms. The van der Waals surface area contributed by atoms with Gasteiger partial charge in [-0.1, -0.05) is 18.6 Å². The summed E-state index contributed by atoms with van der Waals surface area (Å²) < 4.78 is 0. The van der Waals surface area contributed by atoms with E-state index in [1.807, 2.05) is 18.2 Å². The number of Topliss-reactive ketones (excluding diaryl/α,β-unsaturated/α-hetero) is 1. The highest BCUT2D eigenvalue weighted by Crippen LogP contribution is 2.28. The Morgan fingerprint density at radius 2 is 1.94 bits per heavy atom. The quantitative estimate of drug-likeness (QED) is 0.658. The van der Waals surface area contributed by atoms with E-state index in [1.165, 1.54) is 0 Å². The summed E-state index contributed by atoms with van der Waals surface area (Å²) in [5, 5.41) is 4.49. The largest absolute Gasteiger partial charge is 0.366 e. The molecule has 31 heavy (non-hydrogen) atoms. The van der Waals surface area contributed by atoms with Crippen LogP contribution < -0.4 is 5.32 Å². The molecule has 5 rings (SSSR count). The van der Waals surface area contributed by atoms with E-state index in [0.717, 1.165) is 73.2 Å². The van der Waals surface area contributed by atoms with Gasteiger partial charge >= 0.3 is 0 Å². The van der Waals surface area contributed by atoms with Gasteiger partial charge in [-0.3, -0.25) is 9.78 Å². The molecule has 3 aromatic rings. The maximum atomic E-state index is 12.3. The summed E-state index contributed by atoms with van der Waals surface area (Å²) in [5.74, 6) is 1.88. The van der Waals surface area contributed by atoms with Gasteiger partial charge in [0.2, 0.25) is 0 Å². The van der Waals surface area contributed by atoms with Crippen LogP contribution >= 0.6 is 0 Å². The average Bonchev–Trinajstić information content (AvgIpc) is 2.74. The number of hydrogen-bond acceptors (Lipinski definition) is 7. The van der Waals surface area contributed by atoms with Crippen molar-refractivity contribution in [1.82, 2.24) is 24.8 Å². The van der Waals surface area contributed by atoms with E-state index < -0.39 is 0 Å². The Balaban J connectivity index is 1.35. The molecular weight excluding hydrogens is 388 g/mol. The van der Waals surface area contributed by atoms with E-state index in [1.54, 1.807) is 18.6 Å². The number of hydrogen-bond donors (Lipinski definition) is 1. The Hall–Kier alpha value is -2.93. The monoisotopic (exact) mass is 416 g/mol. The normalized spacial score (nSPS) is 18.1. The Morgan fingerprint density at radius 1 is 1.10 bits per heavy atom. The van der Waals surface area contributed by atoms with Gasteiger partial charge in [-0.05, 0) is 51.9 Å². The number of nitrogens with one attached hydrogen (secondary N) is 1. The number of carbonyl (C=O) groups excluding carboxylic acids is 1. The van der Waals surface area contributed by atoms with Crippen LogP contribution in [-0.4, -0.2) is 56.8 Å². The second kappa shape index (κ2) is 8.67. The summed E-state index contributed by atoms with van der Waals surface area (Å²) in [6.07, 6.45) is 11.1. The molecule has 2 fully saturated rings. The van der Waals surface area contributed by atoms with Crippen molar-refractivity contribution in [2.24, 2.45) is 5.92 Å². The van der Waals surface area contributed by atoms with Gasteiger partial charge in [-0.25, -0.2) is 15.0 Å². The standard InChI is InChI=1S/C24H28N6O/c1-30-9-7-19(8-10-30)27-24-15-25-14-21(29-24)17-5-6-18-13-26-23(28-20(18)11-17)12-22(31)16-3-2-4-16/h5-6,11,13-16,19H,2-4,7-10,12H2,1H3,(H,27,29). The molecule has 160 valence electrons. The minimum absolute atomic E-state index is 0.209. The van der Waals surface area contributed by atoms with Crippen molar-refractivity contribution in [3.63, 3.8) is 0 Å². The van der Waals surface area contributed by atoms with Crippen molar-refractivity contribution in [3.8, 4) is 11.3 Å². The van der Waals surface area contributed by atoms with Crippen molar-refractivity contribution in [3.05, 3.63) is 42.6 Å². The van der Waals surface area contributed by atoms with Gasteiger partial charge in [-0.2, -0.15) is 0 Å². The van der Waals surface area contributed by atoms with E-state index >= 15 is 0 Å². The molecule has 0 spiro atoms. The Kier molecular flexibility index (Phi) is 5.59. The van der Waals surface area contributed by atoms with Crippen LogP contribution in [0, 0.1) is 5.92 Å². The van der Waals surface area contributed by atoms with E-state index in [2.05, 4.69) is 32.2 Å². The van der Waals surface area contributed by atoms with Gasteiger partial charge in [0.25, 0.3) is 0 Å². The number of anilines is 1. The maximum Gasteiger partial charge on any atom is 0.145 e. The van der Waals surface area contributed by atoms with Crippen molar-refractivity contribution >= 4 is 22.5 Å². The van der Waals surface area contributed by atoms with Gasteiger partial charge in [0.1, 0.15) is 17.4 Å². The van der Waals surface area contributed by atoms with Crippen molar-refractivity contribution in [1.29, 1.82) is 0 Å². The molecule has 1 saturated heterocycles. The summed E-state index contributed by atoms with van der Waals surface area (Å²) in [7, 11) is 2.16. The summed E-state index contributed by atoms with van der Waals surface area (Å²) in [6, 6.07) is 6.47. The lowest BCUT2D eigenvalue weighted by Gasteiger charge is -2.29. The predicted molar refractivity (Wildman–Crippen MR) is 121 cm³/mol. The third-order valence-electron chi connectivity index (χ3n) is 6.53. The highest BCUT2D eigenvalue weighted by molar-refractivity contribution is 5.85. The van der Waals surface area contributed by atoms with Gasteiger partial charge in [0, 0.05) is 29.1 Å². The lowest BCUT2D eigenvalue weighted by molar-refractivity contribution is -0.124. The number of likely N-dealkylation sites (tertiary alicyclic amines) is 1. The van der Waals surface area contributed by atoms with Crippen LogP contribution in [0.2, 0.25) is 0 Å². The summed E-state index contributed by atoms with van der Waals surface area (Å²) in [6.45, 7) is 2.20. The van der Waals surface area contributed by atoms with Gasteiger partial charge in [0.15, 0.2) is 0 Å². The molecule has 1 aliphatic carbocycles. The first-order valence-corrected chi connectivity index (χ1v) is 11.2. The minimum atomic E-state index is 0.209. The fraction of sp³-hybridized carbons (Fsp3) is 0.458. The van der Waals surface area contributed by atoms with E-state index in [4.69, 9.17) is 4.98 Å². The number of benzene rings is 1. The Bertz CT molecular complexity index is 1090. The third kappa shape index (κ3) is 4.56. The Labute approximate surface area is 182 Å². The highest BCUT2D eigenvalue weighted by Gasteiger charge is 2.25. The lowest BCUT2D eigenvalue weighted by atomic mass is 9.81. The van der Waals surface area contributed by atoms with E-state index in [0.29, 0.717) is 18.3 Å². The molecule has 0 amide bonds. The molecule has 7 nitrogen and oxygen atoms in total. The number of rotatable bonds is 6. The molecule has 1 aromatic carbocycles. The summed E-state index contributed by atoms with van der Waals surface area (Å²) in [5.41, 5.74) is 2.60. The highest BCUT2D eigenvalue weighted by atomic mass is 16.1. The maximum absolute atomic E-state index is 12.3. The topological polar surface area (TPSA) is 83.9 Å². The number of ketones is 1. The molecule has 2 aliphatic rings. The van der Waals surface area contributed by atoms with Gasteiger partial charge in [0.05, 0.1) is 30.0 Å².